The third-order valence-electron chi connectivity index (χ3n) is 18.8. The lowest BCUT2D eigenvalue weighted by atomic mass is 9.81. The Balaban J connectivity index is 1.11. The van der Waals surface area contributed by atoms with Crippen molar-refractivity contribution in [1.82, 2.24) is 0 Å². The Bertz CT molecular complexity index is 2330. The van der Waals surface area contributed by atoms with Gasteiger partial charge in [-0.05, 0) is 27.2 Å². The van der Waals surface area contributed by atoms with Crippen LogP contribution in [0.25, 0.3) is 0 Å². The quantitative estimate of drug-likeness (QED) is 0.0377. The SMILES string of the molecule is C/C=C/C(O)[C@@H](C)CO[C@@H]1OC(CO)[C@@H](C[C@@H]2OC(CO[C@@H]3OC(CO)[C@@H](O[C@@H]4OC(CO)[C@H](O)C(O)C4O)C(OC4OC(C)[C@@H](O)C(O)C4O)C3N)[C@H](O)C(O[C@@H]3OC(CO)[C@@H](O[C@@H]4OC(C)[C@@H](O)C(O)C4O)C(O[C@@H]4OC(CO)[C@H](O)C(O)C4O)C3N)C2O)C(O)C1O. The van der Waals surface area contributed by atoms with Crippen molar-refractivity contribution in [1.29, 1.82) is 0 Å². The Labute approximate surface area is 543 Å². The van der Waals surface area contributed by atoms with Crippen molar-refractivity contribution < 1.29 is 183 Å². The Hall–Kier alpha value is -1.82. The number of aliphatic hydroxyl groups is 22. The molecule has 8 aliphatic rings. The molecule has 0 amide bonds. The molecule has 8 aliphatic heterocycles. The Morgan fingerprint density at radius 1 is 0.358 bits per heavy atom. The van der Waals surface area contributed by atoms with Crippen molar-refractivity contribution in [3.05, 3.63) is 12.2 Å². The molecule has 95 heavy (non-hydrogen) atoms. The molecule has 8 saturated heterocycles. The van der Waals surface area contributed by atoms with E-state index in [9.17, 15) is 112 Å². The Morgan fingerprint density at radius 3 is 1.18 bits per heavy atom. The maximum absolute atomic E-state index is 12.5. The summed E-state index contributed by atoms with van der Waals surface area (Å²) < 4.78 is 89.8. The lowest BCUT2D eigenvalue weighted by molar-refractivity contribution is -0.381. The second-order valence-electron chi connectivity index (χ2n) is 25.3. The van der Waals surface area contributed by atoms with Crippen molar-refractivity contribution in [3.63, 3.8) is 0 Å². The molecule has 0 saturated carbocycles. The summed E-state index contributed by atoms with van der Waals surface area (Å²) in [6.45, 7) is 0.0408. The topological polar surface area (TPSA) is 636 Å². The molecular weight excluding hydrogens is 1290 g/mol. The predicted molar refractivity (Wildman–Crippen MR) is 302 cm³/mol. The van der Waals surface area contributed by atoms with Crippen molar-refractivity contribution in [2.45, 2.75) is 279 Å². The summed E-state index contributed by atoms with van der Waals surface area (Å²) in [7, 11) is 0. The van der Waals surface area contributed by atoms with Gasteiger partial charge in [0.15, 0.2) is 44.0 Å². The van der Waals surface area contributed by atoms with Crippen LogP contribution < -0.4 is 11.5 Å². The molecule has 0 aromatic carbocycles. The smallest absolute Gasteiger partial charge is 0.187 e. The molecule has 8 heterocycles. The van der Waals surface area contributed by atoms with Gasteiger partial charge in [0.25, 0.3) is 0 Å². The van der Waals surface area contributed by atoms with Gasteiger partial charge < -0.3 is 195 Å². The lowest BCUT2D eigenvalue weighted by Crippen LogP contribution is -2.70. The maximum Gasteiger partial charge on any atom is 0.187 e. The van der Waals surface area contributed by atoms with Crippen molar-refractivity contribution in [3.8, 4) is 0 Å². The predicted octanol–water partition coefficient (Wildman–Crippen LogP) is -14.2. The highest BCUT2D eigenvalue weighted by Crippen LogP contribution is 2.40. The molecule has 39 heteroatoms. The first-order chi connectivity index (χ1) is 45.0. The van der Waals surface area contributed by atoms with E-state index in [1.54, 1.807) is 19.9 Å². The summed E-state index contributed by atoms with van der Waals surface area (Å²) in [4.78, 5) is 0. The van der Waals surface area contributed by atoms with Gasteiger partial charge in [-0.25, -0.2) is 0 Å². The number of hydrogen-bond acceptors (Lipinski definition) is 39. The molecule has 26 N–H and O–H groups in total. The number of ether oxygens (including phenoxy) is 15. The van der Waals surface area contributed by atoms with Crippen molar-refractivity contribution in [2.24, 2.45) is 23.3 Å². The van der Waals surface area contributed by atoms with Gasteiger partial charge in [0.2, 0.25) is 0 Å². The molecule has 42 atom stereocenters. The molecule has 0 radical (unpaired) electrons. The summed E-state index contributed by atoms with van der Waals surface area (Å²) in [5, 5.41) is 241. The Kier molecular flexibility index (Phi) is 28.6. The highest BCUT2D eigenvalue weighted by Gasteiger charge is 2.59. The van der Waals surface area contributed by atoms with Crippen LogP contribution in [0.5, 0.6) is 0 Å². The number of rotatable bonds is 25. The molecule has 0 bridgehead atoms. The van der Waals surface area contributed by atoms with E-state index < -0.39 is 303 Å². The van der Waals surface area contributed by atoms with E-state index in [1.807, 2.05) is 0 Å². The van der Waals surface area contributed by atoms with Crippen LogP contribution in [0.15, 0.2) is 12.2 Å². The van der Waals surface area contributed by atoms with E-state index in [1.165, 1.54) is 19.9 Å². The second-order valence-corrected chi connectivity index (χ2v) is 25.3. The fourth-order valence-electron chi connectivity index (χ4n) is 12.8. The van der Waals surface area contributed by atoms with Crippen LogP contribution in [0, 0.1) is 11.8 Å². The molecule has 0 spiro atoms. The fraction of sp³-hybridized carbons (Fsp3) is 0.964. The average Bonchev–Trinajstić information content (AvgIpc) is 0.774. The molecule has 0 aromatic heterocycles. The number of hydrogen-bond donors (Lipinski definition) is 24. The van der Waals surface area contributed by atoms with Gasteiger partial charge in [-0.15, -0.1) is 0 Å². The van der Waals surface area contributed by atoms with Gasteiger partial charge in [0.1, 0.15) is 153 Å². The highest BCUT2D eigenvalue weighted by atomic mass is 16.8. The zero-order valence-electron chi connectivity index (χ0n) is 52.2. The van der Waals surface area contributed by atoms with E-state index in [4.69, 9.17) is 82.5 Å². The third kappa shape index (κ3) is 17.1. The maximum atomic E-state index is 12.5. The van der Waals surface area contributed by atoms with E-state index in [-0.39, 0.29) is 6.61 Å². The average molecular weight is 1390 g/mol. The van der Waals surface area contributed by atoms with Gasteiger partial charge >= 0.3 is 0 Å². The summed E-state index contributed by atoms with van der Waals surface area (Å²) in [6, 6.07) is -3.60. The van der Waals surface area contributed by atoms with Gasteiger partial charge in [0.05, 0.1) is 95.0 Å². The molecular formula is C56H98N2O37. The molecule has 8 fully saturated rings. The molecule has 8 rings (SSSR count). The van der Waals surface area contributed by atoms with Crippen LogP contribution in [0.1, 0.15) is 34.1 Å². The van der Waals surface area contributed by atoms with Crippen LogP contribution in [0.3, 0.4) is 0 Å². The first kappa shape index (κ1) is 78.9. The van der Waals surface area contributed by atoms with Crippen molar-refractivity contribution in [2.75, 3.05) is 46.2 Å². The summed E-state index contributed by atoms with van der Waals surface area (Å²) >= 11 is 0. The van der Waals surface area contributed by atoms with Crippen LogP contribution in [0.2, 0.25) is 0 Å². The van der Waals surface area contributed by atoms with Crippen LogP contribution in [-0.2, 0) is 71.1 Å². The standard InChI is InChI=1S/C56H98N2O37/c1-5-6-19(64)15(2)13-81-52-40(76)31(67)18(21(8-59)86-52)7-20-34(70)49(95-51-28(58)48(94-56-44(80)39(75)33(69)23(10-61)88-56)46(25(12-63)90-51)91-53-41(77)36(72)29(65)16(3)83-53)35(71)26(85-20)14-82-50-27(57)47(93-54-42(78)37(73)30(66)17(4)84-54)45(24(11-62)89-50)92-55-43(79)38(74)32(68)22(9-60)87-55/h5-6,15-56,59-80H,7-14,57-58H2,1-4H3/b6-5+/t15-,16?,17?,18+,19?,20-,21?,22?,23?,24?,25?,26?,27?,28?,29+,30+,31?,32-,33-,34?,35-,36?,37?,38?,39?,40?,41?,42?,43?,44?,45+,46+,47?,48?,49?,50+,51-,52+,53-,54?,55-,56-/m0/s1. The van der Waals surface area contributed by atoms with Crippen LogP contribution >= 0.6 is 0 Å². The normalized spacial score (nSPS) is 51.7. The summed E-state index contributed by atoms with van der Waals surface area (Å²) in [5.41, 5.74) is 13.7. The second kappa shape index (κ2) is 34.4. The molecule has 26 unspecified atom stereocenters. The summed E-state index contributed by atoms with van der Waals surface area (Å²) in [6.07, 6.45) is -66.0. The van der Waals surface area contributed by atoms with Crippen LogP contribution in [-0.4, -0.2) is 404 Å². The number of aliphatic hydroxyl groups excluding tert-OH is 22. The minimum absolute atomic E-state index is 0.215. The lowest BCUT2D eigenvalue weighted by Gasteiger charge is -2.51. The zero-order valence-corrected chi connectivity index (χ0v) is 52.2. The highest BCUT2D eigenvalue weighted by molar-refractivity contribution is 5.04. The van der Waals surface area contributed by atoms with E-state index in [0.29, 0.717) is 0 Å². The minimum atomic E-state index is -2.16. The number of nitrogens with two attached hydrogens (primary N) is 2. The first-order valence-electron chi connectivity index (χ1n) is 31.5. The van der Waals surface area contributed by atoms with E-state index >= 15 is 0 Å². The minimum Gasteiger partial charge on any atom is -0.394 e. The number of allylic oxidation sites excluding steroid dienone is 1. The summed E-state index contributed by atoms with van der Waals surface area (Å²) in [5.74, 6) is -1.96. The largest absolute Gasteiger partial charge is 0.394 e. The van der Waals surface area contributed by atoms with Crippen LogP contribution in [0.4, 0.5) is 0 Å². The Morgan fingerprint density at radius 2 is 0.726 bits per heavy atom. The molecule has 554 valence electrons. The van der Waals surface area contributed by atoms with E-state index in [2.05, 4.69) is 0 Å². The molecule has 0 aromatic rings. The van der Waals surface area contributed by atoms with Crippen molar-refractivity contribution >= 4 is 0 Å². The molecule has 0 aliphatic carbocycles. The first-order valence-corrected chi connectivity index (χ1v) is 31.5. The third-order valence-corrected chi connectivity index (χ3v) is 18.8. The van der Waals surface area contributed by atoms with Gasteiger partial charge in [-0.2, -0.15) is 0 Å². The molecule has 39 nitrogen and oxygen atoms in total. The zero-order chi connectivity index (χ0) is 69.9. The van der Waals surface area contributed by atoms with Gasteiger partial charge in [0, 0.05) is 11.8 Å². The van der Waals surface area contributed by atoms with Gasteiger partial charge in [-0.3, -0.25) is 0 Å². The monoisotopic (exact) mass is 1390 g/mol. The van der Waals surface area contributed by atoms with E-state index in [0.717, 1.165) is 0 Å². The van der Waals surface area contributed by atoms with Gasteiger partial charge in [-0.1, -0.05) is 19.1 Å². The fourth-order valence-corrected chi connectivity index (χ4v) is 12.8.